The Labute approximate surface area is 468 Å². The van der Waals surface area contributed by atoms with Crippen molar-refractivity contribution in [1.29, 1.82) is 0 Å². The Kier molecular flexibility index (Phi) is 17.6. The van der Waals surface area contributed by atoms with Gasteiger partial charge in [0.05, 0.1) is 28.4 Å². The van der Waals surface area contributed by atoms with Crippen LogP contribution in [0.1, 0.15) is 249 Å². The first kappa shape index (κ1) is 61.9. The molecule has 2 unspecified atom stereocenters. The normalized spacial score (nSPS) is 17.6. The van der Waals surface area contributed by atoms with Crippen LogP contribution in [0.3, 0.4) is 0 Å². The molecule has 0 aromatic heterocycles. The Bertz CT molecular complexity index is 2290. The summed E-state index contributed by atoms with van der Waals surface area (Å²) in [6.45, 7) is 57.0. The smallest absolute Gasteiger partial charge is 0.126 e. The van der Waals surface area contributed by atoms with Crippen LogP contribution in [-0.2, 0) is 43.3 Å². The van der Waals surface area contributed by atoms with Crippen LogP contribution in [0, 0.1) is 0 Å². The number of rotatable bonds is 10. The summed E-state index contributed by atoms with van der Waals surface area (Å²) in [5.41, 5.74) is 13.0. The summed E-state index contributed by atoms with van der Waals surface area (Å²) < 4.78 is 26.3. The standard InChI is InChI=1S/C70H106O4P2/c1-63(2,3)49-35-45(36-50(59(49)71-25)64(4,5)6)75(46-37-51(65(7,8)9)60(72-26)52(38-46)66(10,11)12)57-33-43-31-29-30-32-44(43)34-58(57)76(47-39-53(67(13,14)15)61(73-27)54(40-47)68(16,17)18)48-41-55(69(19,20)21)62(74-28)56(42-48)70(22,23)24/h35-42,57-58H,29-34H2,1-28H3. The zero-order chi connectivity index (χ0) is 57.4. The lowest BCUT2D eigenvalue weighted by Crippen LogP contribution is -2.40. The third-order valence-corrected chi connectivity index (χ3v) is 22.3. The molecule has 4 aromatic rings. The SMILES string of the molecule is COc1c(C(C)(C)C)cc(P(c2cc(C(C)(C)C)c(OC)c(C(C)(C)C)c2)C2CC3=C(CCCC3)CC2P(c2cc(C(C)(C)C)c(OC)c(C(C)(C)C)c2)c2cc(C(C)(C)C)c(OC)c(C(C)(C)C)c2)cc1C(C)(C)C. The highest BCUT2D eigenvalue weighted by Crippen LogP contribution is 2.62. The second kappa shape index (κ2) is 21.6. The molecule has 0 bridgehead atoms. The molecule has 0 saturated heterocycles. The highest BCUT2D eigenvalue weighted by Gasteiger charge is 2.46. The van der Waals surface area contributed by atoms with Gasteiger partial charge >= 0.3 is 0 Å². The van der Waals surface area contributed by atoms with Crippen LogP contribution in [0.15, 0.2) is 59.7 Å². The number of benzene rings is 4. The van der Waals surface area contributed by atoms with E-state index in [9.17, 15) is 0 Å². The van der Waals surface area contributed by atoms with Gasteiger partial charge in [0.1, 0.15) is 23.0 Å². The van der Waals surface area contributed by atoms with E-state index < -0.39 is 15.8 Å². The lowest BCUT2D eigenvalue weighted by Gasteiger charge is -2.46. The van der Waals surface area contributed by atoms with Gasteiger partial charge in [-0.1, -0.05) is 177 Å². The molecule has 4 aromatic carbocycles. The van der Waals surface area contributed by atoms with Crippen LogP contribution in [0.5, 0.6) is 23.0 Å². The van der Waals surface area contributed by atoms with Gasteiger partial charge in [-0.3, -0.25) is 0 Å². The van der Waals surface area contributed by atoms with Gasteiger partial charge in [-0.05, 0) is 179 Å². The van der Waals surface area contributed by atoms with Crippen molar-refractivity contribution in [3.05, 3.63) is 104 Å². The Morgan fingerprint density at radius 2 is 0.447 bits per heavy atom. The van der Waals surface area contributed by atoms with Crippen molar-refractivity contribution in [2.24, 2.45) is 0 Å². The van der Waals surface area contributed by atoms with E-state index >= 15 is 0 Å². The molecule has 2 aliphatic carbocycles. The van der Waals surface area contributed by atoms with Crippen LogP contribution < -0.4 is 40.2 Å². The molecule has 2 aliphatic rings. The average molecular weight is 1070 g/mol. The summed E-state index contributed by atoms with van der Waals surface area (Å²) in [6.07, 6.45) is 7.11. The molecule has 6 rings (SSSR count). The van der Waals surface area contributed by atoms with E-state index in [0.717, 1.165) is 35.8 Å². The predicted octanol–water partition coefficient (Wildman–Crippen LogP) is 18.1. The summed E-state index contributed by atoms with van der Waals surface area (Å²) in [4.78, 5) is 0. The topological polar surface area (TPSA) is 36.9 Å². The maximum absolute atomic E-state index is 6.58. The summed E-state index contributed by atoms with van der Waals surface area (Å²) in [5.74, 6) is 4.13. The molecule has 2 atom stereocenters. The Morgan fingerprint density at radius 1 is 0.289 bits per heavy atom. The second-order valence-electron chi connectivity index (χ2n) is 31.0. The minimum absolute atomic E-state index is 0.168. The molecular formula is C70H106O4P2. The molecule has 0 saturated carbocycles. The summed E-state index contributed by atoms with van der Waals surface area (Å²) in [5, 5.41) is 5.84. The maximum atomic E-state index is 6.58. The largest absolute Gasteiger partial charge is 0.496 e. The van der Waals surface area contributed by atoms with Gasteiger partial charge in [0.2, 0.25) is 0 Å². The number of ether oxygens (including phenoxy) is 4. The lowest BCUT2D eigenvalue weighted by molar-refractivity contribution is 0.381. The molecule has 4 nitrogen and oxygen atoms in total. The van der Waals surface area contributed by atoms with E-state index in [0.29, 0.717) is 11.3 Å². The van der Waals surface area contributed by atoms with Crippen LogP contribution in [0.2, 0.25) is 0 Å². The van der Waals surface area contributed by atoms with Crippen molar-refractivity contribution in [3.63, 3.8) is 0 Å². The molecule has 0 radical (unpaired) electrons. The van der Waals surface area contributed by atoms with Gasteiger partial charge in [-0.2, -0.15) is 0 Å². The van der Waals surface area contributed by atoms with E-state index in [1.807, 2.05) is 28.4 Å². The van der Waals surface area contributed by atoms with Crippen LogP contribution in [-0.4, -0.2) is 39.8 Å². The fourth-order valence-electron chi connectivity index (χ4n) is 12.2. The Morgan fingerprint density at radius 3 is 0.579 bits per heavy atom. The third kappa shape index (κ3) is 12.8. The maximum Gasteiger partial charge on any atom is 0.126 e. The van der Waals surface area contributed by atoms with Crippen molar-refractivity contribution in [3.8, 4) is 23.0 Å². The number of methoxy groups -OCH3 is 4. The molecule has 0 spiro atoms. The molecule has 6 heteroatoms. The summed E-state index contributed by atoms with van der Waals surface area (Å²) in [7, 11) is 5.43. The molecule has 420 valence electrons. The predicted molar refractivity (Wildman–Crippen MR) is 336 cm³/mol. The second-order valence-corrected chi connectivity index (χ2v) is 35.9. The van der Waals surface area contributed by atoms with Gasteiger partial charge in [-0.25, -0.2) is 0 Å². The fraction of sp³-hybridized carbons (Fsp3) is 0.629. The summed E-state index contributed by atoms with van der Waals surface area (Å²) >= 11 is 0. The first-order valence-corrected chi connectivity index (χ1v) is 31.6. The van der Waals surface area contributed by atoms with Crippen molar-refractivity contribution in [2.45, 2.75) is 259 Å². The zero-order valence-electron chi connectivity index (χ0n) is 53.5. The van der Waals surface area contributed by atoms with Crippen LogP contribution in [0.25, 0.3) is 0 Å². The van der Waals surface area contributed by atoms with E-state index in [1.165, 1.54) is 91.4 Å². The van der Waals surface area contributed by atoms with Gasteiger partial charge in [0, 0.05) is 44.5 Å². The van der Waals surface area contributed by atoms with Gasteiger partial charge < -0.3 is 18.9 Å². The van der Waals surface area contributed by atoms with Crippen LogP contribution in [0.4, 0.5) is 0 Å². The average Bonchev–Trinajstić information content (AvgIpc) is 3.28. The van der Waals surface area contributed by atoms with Gasteiger partial charge in [0.15, 0.2) is 0 Å². The van der Waals surface area contributed by atoms with E-state index in [2.05, 4.69) is 215 Å². The minimum Gasteiger partial charge on any atom is -0.496 e. The molecule has 0 aliphatic heterocycles. The lowest BCUT2D eigenvalue weighted by atomic mass is 9.79. The van der Waals surface area contributed by atoms with Crippen molar-refractivity contribution < 1.29 is 18.9 Å². The Hall–Kier alpha value is -3.32. The quantitative estimate of drug-likeness (QED) is 0.117. The van der Waals surface area contributed by atoms with E-state index in [1.54, 1.807) is 11.1 Å². The summed E-state index contributed by atoms with van der Waals surface area (Å²) in [6, 6.07) is 20.9. The van der Waals surface area contributed by atoms with Crippen molar-refractivity contribution >= 4 is 37.1 Å². The van der Waals surface area contributed by atoms with Gasteiger partial charge in [0.25, 0.3) is 0 Å². The molecule has 76 heavy (non-hydrogen) atoms. The van der Waals surface area contributed by atoms with Gasteiger partial charge in [-0.15, -0.1) is 0 Å². The van der Waals surface area contributed by atoms with Crippen molar-refractivity contribution in [1.82, 2.24) is 0 Å². The van der Waals surface area contributed by atoms with Crippen molar-refractivity contribution in [2.75, 3.05) is 28.4 Å². The molecule has 0 heterocycles. The van der Waals surface area contributed by atoms with E-state index in [4.69, 9.17) is 18.9 Å². The van der Waals surface area contributed by atoms with Crippen LogP contribution >= 0.6 is 15.8 Å². The number of allylic oxidation sites excluding steroid dienone is 2. The Balaban J connectivity index is 1.95. The number of hydrogen-bond donors (Lipinski definition) is 0. The fourth-order valence-corrected chi connectivity index (χ4v) is 19.0. The molecule has 0 N–H and O–H groups in total. The minimum atomic E-state index is -1.06. The first-order valence-electron chi connectivity index (χ1n) is 28.8. The molecule has 0 amide bonds. The van der Waals surface area contributed by atoms with E-state index in [-0.39, 0.29) is 43.3 Å². The highest BCUT2D eigenvalue weighted by molar-refractivity contribution is 7.77. The highest BCUT2D eigenvalue weighted by atomic mass is 31.1. The zero-order valence-corrected chi connectivity index (χ0v) is 55.3. The third-order valence-electron chi connectivity index (χ3n) is 16.4. The molecular weight excluding hydrogens is 967 g/mol. The monoisotopic (exact) mass is 1070 g/mol. The number of hydrogen-bond acceptors (Lipinski definition) is 4. The first-order chi connectivity index (χ1) is 34.6. The molecule has 0 fully saturated rings.